The van der Waals surface area contributed by atoms with Crippen molar-refractivity contribution in [3.63, 3.8) is 0 Å². The van der Waals surface area contributed by atoms with Gasteiger partial charge in [-0.3, -0.25) is 9.36 Å². The van der Waals surface area contributed by atoms with Crippen LogP contribution in [0.15, 0.2) is 48.6 Å². The van der Waals surface area contributed by atoms with Gasteiger partial charge in [-0.2, -0.15) is 0 Å². The molecule has 0 spiro atoms. The molecule has 3 atom stereocenters. The lowest BCUT2D eigenvalue weighted by Crippen LogP contribution is -2.45. The van der Waals surface area contributed by atoms with E-state index in [4.69, 9.17) is 9.05 Å². The van der Waals surface area contributed by atoms with Crippen molar-refractivity contribution >= 4 is 13.7 Å². The van der Waals surface area contributed by atoms with Crippen LogP contribution in [0.25, 0.3) is 0 Å². The lowest BCUT2D eigenvalue weighted by molar-refractivity contribution is -0.870. The summed E-state index contributed by atoms with van der Waals surface area (Å²) in [6, 6.07) is -0.908. The summed E-state index contributed by atoms with van der Waals surface area (Å²) in [6.07, 6.45) is 71.0. The average Bonchev–Trinajstić information content (AvgIpc) is 3.33. The maximum absolute atomic E-state index is 12.9. The Labute approximate surface area is 441 Å². The highest BCUT2D eigenvalue weighted by Gasteiger charge is 2.23. The zero-order chi connectivity index (χ0) is 52.0. The number of hydrogen-bond acceptors (Lipinski definition) is 6. The van der Waals surface area contributed by atoms with Gasteiger partial charge in [0.2, 0.25) is 5.91 Å². The second kappa shape index (κ2) is 53.3. The minimum absolute atomic E-state index is 0.00898. The summed E-state index contributed by atoms with van der Waals surface area (Å²) in [5.41, 5.74) is 0. The molecule has 0 rings (SSSR count). The minimum Gasteiger partial charge on any atom is -0.756 e. The van der Waals surface area contributed by atoms with Gasteiger partial charge >= 0.3 is 0 Å². The third-order valence-corrected chi connectivity index (χ3v) is 14.7. The van der Waals surface area contributed by atoms with Crippen LogP contribution in [0, 0.1) is 0 Å². The lowest BCUT2D eigenvalue weighted by atomic mass is 10.0. The molecule has 9 heteroatoms. The van der Waals surface area contributed by atoms with Crippen molar-refractivity contribution in [3.8, 4) is 0 Å². The molecule has 0 aromatic rings. The summed E-state index contributed by atoms with van der Waals surface area (Å²) < 4.78 is 23.3. The Kier molecular flexibility index (Phi) is 52.1. The van der Waals surface area contributed by atoms with Gasteiger partial charge in [-0.05, 0) is 64.2 Å². The molecule has 0 saturated carbocycles. The van der Waals surface area contributed by atoms with E-state index in [1.165, 1.54) is 218 Å². The van der Waals surface area contributed by atoms with E-state index in [-0.39, 0.29) is 12.5 Å². The molecule has 0 aliphatic carbocycles. The van der Waals surface area contributed by atoms with Crippen LogP contribution in [0.2, 0.25) is 0 Å². The Hall–Kier alpha value is -1.54. The number of rotatable bonds is 56. The van der Waals surface area contributed by atoms with Gasteiger partial charge < -0.3 is 28.8 Å². The van der Waals surface area contributed by atoms with E-state index in [0.29, 0.717) is 17.4 Å². The van der Waals surface area contributed by atoms with E-state index in [0.717, 1.165) is 51.4 Å². The van der Waals surface area contributed by atoms with Crippen molar-refractivity contribution in [1.82, 2.24) is 5.32 Å². The largest absolute Gasteiger partial charge is 0.756 e. The number of carbonyl (C=O) groups excluding carboxylic acids is 1. The van der Waals surface area contributed by atoms with Crippen molar-refractivity contribution in [2.45, 2.75) is 302 Å². The summed E-state index contributed by atoms with van der Waals surface area (Å²) in [6.45, 7) is 4.59. The Morgan fingerprint density at radius 1 is 0.479 bits per heavy atom. The number of likely N-dealkylation sites (N-methyl/N-ethyl adjacent to an activating group) is 1. The average molecular weight is 1020 g/mol. The second-order valence-corrected chi connectivity index (χ2v) is 23.4. The summed E-state index contributed by atoms with van der Waals surface area (Å²) >= 11 is 0. The van der Waals surface area contributed by atoms with Crippen molar-refractivity contribution in [1.29, 1.82) is 0 Å². The summed E-state index contributed by atoms with van der Waals surface area (Å²) in [4.78, 5) is 25.4. The highest BCUT2D eigenvalue weighted by molar-refractivity contribution is 7.45. The zero-order valence-electron chi connectivity index (χ0n) is 47.7. The third-order valence-electron chi connectivity index (χ3n) is 13.7. The molecule has 1 amide bonds. The number of amides is 1. The van der Waals surface area contributed by atoms with Gasteiger partial charge in [-0.15, -0.1) is 0 Å². The number of aliphatic hydroxyl groups is 1. The smallest absolute Gasteiger partial charge is 0.268 e. The molecule has 0 heterocycles. The van der Waals surface area contributed by atoms with E-state index in [2.05, 4.69) is 55.6 Å². The third kappa shape index (κ3) is 56.0. The number of quaternary nitrogens is 1. The molecule has 0 bridgehead atoms. The van der Waals surface area contributed by atoms with Gasteiger partial charge in [0.15, 0.2) is 0 Å². The Balaban J connectivity index is 3.91. The number of phosphoric acid groups is 1. The second-order valence-electron chi connectivity index (χ2n) is 22.0. The minimum atomic E-state index is -4.60. The fourth-order valence-corrected chi connectivity index (χ4v) is 9.66. The first-order valence-corrected chi connectivity index (χ1v) is 32.0. The molecule has 2 N–H and O–H groups in total. The van der Waals surface area contributed by atoms with Crippen LogP contribution in [0.1, 0.15) is 290 Å². The number of nitrogens with zero attached hydrogens (tertiary/aromatic N) is 1. The van der Waals surface area contributed by atoms with Gasteiger partial charge in [0.1, 0.15) is 13.2 Å². The molecule has 8 nitrogen and oxygen atoms in total. The predicted molar refractivity (Wildman–Crippen MR) is 307 cm³/mol. The first kappa shape index (κ1) is 69.5. The maximum atomic E-state index is 12.9. The first-order chi connectivity index (χ1) is 34.5. The van der Waals surface area contributed by atoms with E-state index in [1.807, 2.05) is 27.2 Å². The number of aliphatic hydroxyl groups excluding tert-OH is 1. The number of carbonyl (C=O) groups is 1. The first-order valence-electron chi connectivity index (χ1n) is 30.5. The molecule has 418 valence electrons. The fraction of sp³-hybridized carbons (Fsp3) is 0.855. The van der Waals surface area contributed by atoms with E-state index >= 15 is 0 Å². The topological polar surface area (TPSA) is 108 Å². The number of hydrogen-bond donors (Lipinski definition) is 2. The number of phosphoric ester groups is 1. The monoisotopic (exact) mass is 1020 g/mol. The van der Waals surface area contributed by atoms with E-state index in [9.17, 15) is 19.4 Å². The Bertz CT molecular complexity index is 1290. The zero-order valence-corrected chi connectivity index (χ0v) is 48.6. The molecule has 0 aliphatic heterocycles. The maximum Gasteiger partial charge on any atom is 0.268 e. The van der Waals surface area contributed by atoms with Gasteiger partial charge in [-0.1, -0.05) is 268 Å². The van der Waals surface area contributed by atoms with Crippen LogP contribution in [0.3, 0.4) is 0 Å². The molecule has 0 aromatic heterocycles. The normalized spacial score (nSPS) is 14.2. The molecule has 0 aromatic carbocycles. The summed E-state index contributed by atoms with van der Waals surface area (Å²) in [5, 5.41) is 13.8. The SMILES string of the molecule is CCCC/C=C/CC/C=C/CC/C=C/C(O)C(COP(=O)([O-])OCC[N+](C)(C)C)NC(=O)CCCCCCCCCCCCCCCCCCC/C=C\CCCCCCCCCCCCCCCCCC. The fourth-order valence-electron chi connectivity index (χ4n) is 8.93. The molecule has 0 saturated heterocycles. The molecular weight excluding hydrogens is 900 g/mol. The van der Waals surface area contributed by atoms with E-state index in [1.54, 1.807) is 6.08 Å². The van der Waals surface area contributed by atoms with Gasteiger partial charge in [0.25, 0.3) is 7.82 Å². The van der Waals surface area contributed by atoms with E-state index < -0.39 is 26.6 Å². The molecule has 71 heavy (non-hydrogen) atoms. The van der Waals surface area contributed by atoms with Gasteiger partial charge in [0.05, 0.1) is 39.9 Å². The van der Waals surface area contributed by atoms with Crippen molar-refractivity contribution in [2.75, 3.05) is 40.9 Å². The Morgan fingerprint density at radius 2 is 0.803 bits per heavy atom. The van der Waals surface area contributed by atoms with Crippen molar-refractivity contribution < 1.29 is 32.9 Å². The standard InChI is InChI=1S/C62H119N2O6P/c1-6-8-10-12-14-16-18-20-21-22-23-24-25-26-27-28-29-30-31-32-33-34-35-36-37-38-39-40-41-42-43-44-46-48-50-52-54-56-62(66)63-60(59-70-71(67,68)69-58-57-64(3,4)5)61(65)55-53-51-49-47-45-19-17-15-13-11-9-7-2/h13,15,30-31,45,47,53,55,60-61,65H,6-12,14,16-29,32-44,46,48-52,54,56-59H2,1-5H3,(H-,63,66,67,68)/b15-13+,31-30-,47-45+,55-53+. The quantitative estimate of drug-likeness (QED) is 0.0272. The number of unbranched alkanes of at least 4 members (excludes halogenated alkanes) is 37. The molecule has 0 aliphatic rings. The van der Waals surface area contributed by atoms with Crippen LogP contribution < -0.4 is 10.2 Å². The molecule has 0 fully saturated rings. The highest BCUT2D eigenvalue weighted by atomic mass is 31.2. The van der Waals surface area contributed by atoms with Crippen LogP contribution in [0.5, 0.6) is 0 Å². The van der Waals surface area contributed by atoms with Crippen LogP contribution in [-0.4, -0.2) is 68.5 Å². The van der Waals surface area contributed by atoms with Gasteiger partial charge in [-0.25, -0.2) is 0 Å². The van der Waals surface area contributed by atoms with Crippen molar-refractivity contribution in [3.05, 3.63) is 48.6 Å². The molecule has 3 unspecified atom stereocenters. The lowest BCUT2D eigenvalue weighted by Gasteiger charge is -2.29. The van der Waals surface area contributed by atoms with Crippen LogP contribution in [0.4, 0.5) is 0 Å². The summed E-state index contributed by atoms with van der Waals surface area (Å²) in [7, 11) is 1.24. The summed E-state index contributed by atoms with van der Waals surface area (Å²) in [5.74, 6) is -0.210. The van der Waals surface area contributed by atoms with Crippen LogP contribution in [-0.2, 0) is 18.4 Å². The van der Waals surface area contributed by atoms with Gasteiger partial charge in [0, 0.05) is 6.42 Å². The highest BCUT2D eigenvalue weighted by Crippen LogP contribution is 2.38. The predicted octanol–water partition coefficient (Wildman–Crippen LogP) is 18.1. The van der Waals surface area contributed by atoms with Crippen molar-refractivity contribution in [2.24, 2.45) is 0 Å². The van der Waals surface area contributed by atoms with Crippen LogP contribution >= 0.6 is 7.82 Å². The Morgan fingerprint density at radius 3 is 1.18 bits per heavy atom. The molecule has 0 radical (unpaired) electrons. The molecular formula is C62H119N2O6P. The number of allylic oxidation sites excluding steroid dienone is 7. The number of nitrogens with one attached hydrogen (secondary N) is 1.